The van der Waals surface area contributed by atoms with Gasteiger partial charge in [0, 0.05) is 5.69 Å². The maximum Gasteiger partial charge on any atom is 0.174 e. The summed E-state index contributed by atoms with van der Waals surface area (Å²) in [5.41, 5.74) is 0.919. The molecule has 1 saturated heterocycles. The van der Waals surface area contributed by atoms with E-state index in [-0.39, 0.29) is 13.1 Å². The van der Waals surface area contributed by atoms with E-state index in [1.807, 2.05) is 24.8 Å². The van der Waals surface area contributed by atoms with E-state index in [1.165, 1.54) is 6.07 Å². The van der Waals surface area contributed by atoms with Gasteiger partial charge < -0.3 is 10.0 Å². The Morgan fingerprint density at radius 1 is 1.04 bits per heavy atom. The Morgan fingerprint density at radius 2 is 1.77 bits per heavy atom. The lowest BCUT2D eigenvalue weighted by Crippen LogP contribution is -2.60. The number of hydrogen-bond donors (Lipinski definition) is 1. The van der Waals surface area contributed by atoms with E-state index >= 15 is 0 Å². The van der Waals surface area contributed by atoms with E-state index in [9.17, 15) is 13.9 Å². The molecule has 0 spiro atoms. The van der Waals surface area contributed by atoms with Crippen LogP contribution in [0.1, 0.15) is 17.0 Å². The van der Waals surface area contributed by atoms with Crippen LogP contribution in [0.15, 0.2) is 36.7 Å². The minimum atomic E-state index is -1.25. The van der Waals surface area contributed by atoms with Gasteiger partial charge in [0.25, 0.3) is 0 Å². The van der Waals surface area contributed by atoms with Crippen LogP contribution in [0.4, 0.5) is 14.6 Å². The van der Waals surface area contributed by atoms with Crippen molar-refractivity contribution in [3.63, 3.8) is 0 Å². The maximum atomic E-state index is 13.4. The highest BCUT2D eigenvalue weighted by molar-refractivity contribution is 5.47. The molecule has 1 N–H and O–H groups in total. The lowest BCUT2D eigenvalue weighted by Gasteiger charge is -2.47. The van der Waals surface area contributed by atoms with Crippen LogP contribution in [0, 0.1) is 25.5 Å². The Morgan fingerprint density at radius 3 is 2.42 bits per heavy atom. The van der Waals surface area contributed by atoms with E-state index in [1.54, 1.807) is 17.1 Å². The maximum absolute atomic E-state index is 13.4. The zero-order valence-electron chi connectivity index (χ0n) is 14.3. The standard InChI is InChI=1S/C18H17F2N5O/c1-11-5-12(2)25(23-11)17-8-21-7-16(22-17)24-9-18(26,10-24)13-3-4-14(19)15(20)6-13/h3-8,26H,9-10H2,1-2H3. The molecule has 0 amide bonds. The third-order valence-corrected chi connectivity index (χ3v) is 4.52. The summed E-state index contributed by atoms with van der Waals surface area (Å²) in [5, 5.41) is 15.1. The molecule has 2 aromatic heterocycles. The van der Waals surface area contributed by atoms with Crippen molar-refractivity contribution in [2.75, 3.05) is 18.0 Å². The Bertz CT molecular complexity index is 981. The van der Waals surface area contributed by atoms with Gasteiger partial charge in [-0.1, -0.05) is 6.07 Å². The van der Waals surface area contributed by atoms with Crippen molar-refractivity contribution in [2.45, 2.75) is 19.4 Å². The number of benzene rings is 1. The van der Waals surface area contributed by atoms with Gasteiger partial charge in [-0.3, -0.25) is 4.98 Å². The normalized spacial score (nSPS) is 15.8. The summed E-state index contributed by atoms with van der Waals surface area (Å²) in [6, 6.07) is 5.40. The van der Waals surface area contributed by atoms with Crippen molar-refractivity contribution in [1.29, 1.82) is 0 Å². The first-order valence-corrected chi connectivity index (χ1v) is 8.14. The van der Waals surface area contributed by atoms with E-state index in [0.717, 1.165) is 23.5 Å². The van der Waals surface area contributed by atoms with Crippen molar-refractivity contribution in [2.24, 2.45) is 0 Å². The number of aromatic nitrogens is 4. The van der Waals surface area contributed by atoms with Crippen LogP contribution in [0.5, 0.6) is 0 Å². The summed E-state index contributed by atoms with van der Waals surface area (Å²) >= 11 is 0. The Kier molecular flexibility index (Phi) is 3.73. The van der Waals surface area contributed by atoms with Crippen molar-refractivity contribution in [3.05, 3.63) is 65.2 Å². The molecule has 0 atom stereocenters. The molecule has 8 heteroatoms. The molecule has 3 aromatic rings. The molecule has 3 heterocycles. The van der Waals surface area contributed by atoms with Gasteiger partial charge >= 0.3 is 0 Å². The highest BCUT2D eigenvalue weighted by Gasteiger charge is 2.44. The van der Waals surface area contributed by atoms with Gasteiger partial charge in [0.05, 0.1) is 31.2 Å². The minimum Gasteiger partial charge on any atom is -0.381 e. The first-order chi connectivity index (χ1) is 12.4. The Labute approximate surface area is 148 Å². The Hall–Kier alpha value is -2.87. The molecule has 0 bridgehead atoms. The fourth-order valence-electron chi connectivity index (χ4n) is 3.18. The molecule has 1 fully saturated rings. The number of β-amino-alcohol motifs (C(OH)–C–C–N with tert-alkyl or cyclic N) is 1. The second-order valence-electron chi connectivity index (χ2n) is 6.59. The molecule has 0 saturated carbocycles. The van der Waals surface area contributed by atoms with Gasteiger partial charge in [-0.2, -0.15) is 5.10 Å². The highest BCUT2D eigenvalue weighted by Crippen LogP contribution is 2.35. The molecule has 0 unspecified atom stereocenters. The largest absolute Gasteiger partial charge is 0.381 e. The van der Waals surface area contributed by atoms with Crippen LogP contribution >= 0.6 is 0 Å². The summed E-state index contributed by atoms with van der Waals surface area (Å²) in [6.07, 6.45) is 3.21. The third-order valence-electron chi connectivity index (χ3n) is 4.52. The van der Waals surface area contributed by atoms with Crippen LogP contribution < -0.4 is 4.90 Å². The van der Waals surface area contributed by atoms with E-state index in [0.29, 0.717) is 17.2 Å². The summed E-state index contributed by atoms with van der Waals surface area (Å²) in [6.45, 7) is 4.26. The lowest BCUT2D eigenvalue weighted by molar-refractivity contribution is 0.00665. The van der Waals surface area contributed by atoms with Crippen LogP contribution in [0.25, 0.3) is 5.82 Å². The van der Waals surface area contributed by atoms with E-state index < -0.39 is 17.2 Å². The molecular weight excluding hydrogens is 340 g/mol. The topological polar surface area (TPSA) is 67.1 Å². The van der Waals surface area contributed by atoms with Gasteiger partial charge in [0.15, 0.2) is 17.5 Å². The quantitative estimate of drug-likeness (QED) is 0.779. The summed E-state index contributed by atoms with van der Waals surface area (Å²) in [5.74, 6) is -0.739. The van der Waals surface area contributed by atoms with Crippen LogP contribution in [0.2, 0.25) is 0 Å². The zero-order chi connectivity index (χ0) is 18.5. The lowest BCUT2D eigenvalue weighted by atomic mass is 9.86. The predicted molar refractivity (Wildman–Crippen MR) is 91.1 cm³/mol. The summed E-state index contributed by atoms with van der Waals surface area (Å²) < 4.78 is 28.2. The molecule has 26 heavy (non-hydrogen) atoms. The minimum absolute atomic E-state index is 0.216. The molecule has 1 aliphatic rings. The highest BCUT2D eigenvalue weighted by atomic mass is 19.2. The number of aliphatic hydroxyl groups is 1. The number of aryl methyl sites for hydroxylation is 2. The first kappa shape index (κ1) is 16.6. The molecule has 1 aliphatic heterocycles. The number of anilines is 1. The van der Waals surface area contributed by atoms with Crippen LogP contribution in [-0.4, -0.2) is 37.9 Å². The zero-order valence-corrected chi connectivity index (χ0v) is 14.3. The molecule has 4 rings (SSSR count). The van der Waals surface area contributed by atoms with Gasteiger partial charge in [0.2, 0.25) is 0 Å². The molecule has 1 aromatic carbocycles. The molecule has 0 radical (unpaired) electrons. The fraction of sp³-hybridized carbons (Fsp3) is 0.278. The smallest absolute Gasteiger partial charge is 0.174 e. The third kappa shape index (κ3) is 2.72. The number of nitrogens with zero attached hydrogens (tertiary/aromatic N) is 5. The number of rotatable bonds is 3. The first-order valence-electron chi connectivity index (χ1n) is 8.14. The van der Waals surface area contributed by atoms with Gasteiger partial charge in [-0.25, -0.2) is 18.4 Å². The van der Waals surface area contributed by atoms with Gasteiger partial charge in [-0.15, -0.1) is 0 Å². The number of halogens is 2. The Balaban J connectivity index is 1.56. The van der Waals surface area contributed by atoms with Crippen LogP contribution in [0.3, 0.4) is 0 Å². The molecule has 6 nitrogen and oxygen atoms in total. The second-order valence-corrected chi connectivity index (χ2v) is 6.59. The average Bonchev–Trinajstić information content (AvgIpc) is 2.93. The van der Waals surface area contributed by atoms with E-state index in [2.05, 4.69) is 15.1 Å². The van der Waals surface area contributed by atoms with Crippen molar-refractivity contribution >= 4 is 5.82 Å². The predicted octanol–water partition coefficient (Wildman–Crippen LogP) is 2.27. The SMILES string of the molecule is Cc1cc(C)n(-c2cncc(N3CC(O)(c4ccc(F)c(F)c4)C3)n2)n1. The summed E-state index contributed by atoms with van der Waals surface area (Å²) in [4.78, 5) is 10.6. The summed E-state index contributed by atoms with van der Waals surface area (Å²) in [7, 11) is 0. The average molecular weight is 357 g/mol. The monoisotopic (exact) mass is 357 g/mol. The van der Waals surface area contributed by atoms with Crippen molar-refractivity contribution in [3.8, 4) is 5.82 Å². The van der Waals surface area contributed by atoms with Gasteiger partial charge in [0.1, 0.15) is 11.4 Å². The van der Waals surface area contributed by atoms with E-state index in [4.69, 9.17) is 0 Å². The van der Waals surface area contributed by atoms with Crippen LogP contribution in [-0.2, 0) is 5.60 Å². The van der Waals surface area contributed by atoms with Crippen molar-refractivity contribution < 1.29 is 13.9 Å². The van der Waals surface area contributed by atoms with Crippen molar-refractivity contribution in [1.82, 2.24) is 19.7 Å². The molecule has 134 valence electrons. The fourth-order valence-corrected chi connectivity index (χ4v) is 3.18. The molecule has 0 aliphatic carbocycles. The second kappa shape index (κ2) is 5.84. The number of hydrogen-bond acceptors (Lipinski definition) is 5. The molecular formula is C18H17F2N5O. The van der Waals surface area contributed by atoms with Gasteiger partial charge in [-0.05, 0) is 37.6 Å².